The van der Waals surface area contributed by atoms with Crippen LogP contribution in [0.5, 0.6) is 0 Å². The van der Waals surface area contributed by atoms with Gasteiger partial charge in [-0.1, -0.05) is 38.4 Å². The van der Waals surface area contributed by atoms with Crippen LogP contribution in [0.25, 0.3) is 0 Å². The quantitative estimate of drug-likeness (QED) is 0.803. The van der Waals surface area contributed by atoms with E-state index in [1.165, 1.54) is 4.90 Å². The van der Waals surface area contributed by atoms with Crippen molar-refractivity contribution in [2.75, 3.05) is 0 Å². The molecule has 1 unspecified atom stereocenters. The summed E-state index contributed by atoms with van der Waals surface area (Å²) in [6, 6.07) is 6.49. The molecule has 0 amide bonds. The fourth-order valence-electron chi connectivity index (χ4n) is 1.47. The highest BCUT2D eigenvalue weighted by Crippen LogP contribution is 2.28. The minimum Gasteiger partial charge on any atom is -0.327 e. The maximum atomic E-state index is 6.25. The van der Waals surface area contributed by atoms with Gasteiger partial charge in [-0.05, 0) is 30.5 Å². The van der Waals surface area contributed by atoms with Gasteiger partial charge in [0, 0.05) is 21.2 Å². The Labute approximate surface area is 108 Å². The molecule has 0 aliphatic rings. The molecule has 0 aliphatic carbocycles. The normalized spacial score (nSPS) is 13.1. The molecule has 0 aromatic heterocycles. The van der Waals surface area contributed by atoms with Gasteiger partial charge in [-0.25, -0.2) is 0 Å². The van der Waals surface area contributed by atoms with Crippen molar-refractivity contribution in [2.45, 2.75) is 49.8 Å². The molecular weight excluding hydrogens is 238 g/mol. The fraction of sp³-hybridized carbons (Fsp3) is 0.538. The van der Waals surface area contributed by atoms with Crippen molar-refractivity contribution in [3.05, 3.63) is 28.8 Å². The Balaban J connectivity index is 2.75. The Morgan fingerprint density at radius 1 is 1.38 bits per heavy atom. The molecule has 0 bridgehead atoms. The Bertz CT molecular complexity index is 339. The second-order valence-electron chi connectivity index (χ2n) is 4.29. The van der Waals surface area contributed by atoms with E-state index in [9.17, 15) is 0 Å². The van der Waals surface area contributed by atoms with E-state index in [4.69, 9.17) is 17.3 Å². The zero-order valence-corrected chi connectivity index (χ0v) is 11.7. The van der Waals surface area contributed by atoms with E-state index in [0.29, 0.717) is 5.25 Å². The van der Waals surface area contributed by atoms with Gasteiger partial charge in [0.05, 0.1) is 0 Å². The first-order valence-electron chi connectivity index (χ1n) is 5.73. The van der Waals surface area contributed by atoms with E-state index < -0.39 is 0 Å². The van der Waals surface area contributed by atoms with E-state index in [0.717, 1.165) is 23.4 Å². The van der Waals surface area contributed by atoms with E-state index in [1.54, 1.807) is 0 Å². The number of hydrogen-bond acceptors (Lipinski definition) is 2. The van der Waals surface area contributed by atoms with Crippen molar-refractivity contribution in [2.24, 2.45) is 5.73 Å². The Morgan fingerprint density at radius 3 is 2.56 bits per heavy atom. The molecule has 90 valence electrons. The van der Waals surface area contributed by atoms with Crippen molar-refractivity contribution in [1.82, 2.24) is 0 Å². The molecule has 16 heavy (non-hydrogen) atoms. The van der Waals surface area contributed by atoms with Gasteiger partial charge in [0.15, 0.2) is 0 Å². The van der Waals surface area contributed by atoms with Crippen LogP contribution in [-0.2, 0) is 6.42 Å². The van der Waals surface area contributed by atoms with Gasteiger partial charge < -0.3 is 5.73 Å². The molecule has 1 atom stereocenters. The number of nitrogens with two attached hydrogens (primary N) is 1. The average Bonchev–Trinajstić information content (AvgIpc) is 2.21. The van der Waals surface area contributed by atoms with Gasteiger partial charge >= 0.3 is 0 Å². The van der Waals surface area contributed by atoms with Crippen molar-refractivity contribution >= 4 is 23.4 Å². The monoisotopic (exact) mass is 257 g/mol. The third kappa shape index (κ3) is 4.36. The first-order chi connectivity index (χ1) is 7.52. The predicted octanol–water partition coefficient (Wildman–Crippen LogP) is 4.12. The molecule has 2 N–H and O–H groups in total. The smallest absolute Gasteiger partial charge is 0.0449 e. The van der Waals surface area contributed by atoms with Gasteiger partial charge in [-0.3, -0.25) is 0 Å². The van der Waals surface area contributed by atoms with Crippen molar-refractivity contribution in [1.29, 1.82) is 0 Å². The third-order valence-electron chi connectivity index (χ3n) is 2.40. The molecule has 3 heteroatoms. The molecule has 1 nitrogen and oxygen atoms in total. The van der Waals surface area contributed by atoms with Crippen LogP contribution < -0.4 is 5.73 Å². The summed E-state index contributed by atoms with van der Waals surface area (Å²) in [7, 11) is 0. The first kappa shape index (κ1) is 13.9. The minimum absolute atomic E-state index is 0.209. The van der Waals surface area contributed by atoms with Crippen molar-refractivity contribution in [3.63, 3.8) is 0 Å². The maximum absolute atomic E-state index is 6.25. The van der Waals surface area contributed by atoms with E-state index in [1.807, 2.05) is 17.8 Å². The highest BCUT2D eigenvalue weighted by Gasteiger charge is 2.07. The summed E-state index contributed by atoms with van der Waals surface area (Å²) in [5, 5.41) is 1.43. The van der Waals surface area contributed by atoms with Crippen LogP contribution in [0.1, 0.15) is 32.8 Å². The lowest BCUT2D eigenvalue weighted by atomic mass is 10.1. The highest BCUT2D eigenvalue weighted by molar-refractivity contribution is 7.99. The van der Waals surface area contributed by atoms with Crippen LogP contribution in [0.4, 0.5) is 0 Å². The van der Waals surface area contributed by atoms with E-state index >= 15 is 0 Å². The summed E-state index contributed by atoms with van der Waals surface area (Å²) in [5.41, 5.74) is 7.09. The number of thioether (sulfide) groups is 1. The molecule has 0 saturated heterocycles. The fourth-order valence-corrected chi connectivity index (χ4v) is 2.67. The van der Waals surface area contributed by atoms with Gasteiger partial charge in [0.25, 0.3) is 0 Å². The average molecular weight is 258 g/mol. The summed E-state index contributed by atoms with van der Waals surface area (Å²) < 4.78 is 0. The second kappa shape index (κ2) is 6.53. The molecule has 0 radical (unpaired) electrons. The first-order valence-corrected chi connectivity index (χ1v) is 6.99. The highest BCUT2D eigenvalue weighted by atomic mass is 35.5. The van der Waals surface area contributed by atoms with Crippen LogP contribution in [0, 0.1) is 0 Å². The Hall–Kier alpha value is -0.180. The van der Waals surface area contributed by atoms with E-state index in [-0.39, 0.29) is 6.04 Å². The summed E-state index contributed by atoms with van der Waals surface area (Å²) in [6.07, 6.45) is 1.85. The number of rotatable bonds is 5. The predicted molar refractivity (Wildman–Crippen MR) is 74.4 cm³/mol. The minimum atomic E-state index is 0.209. The van der Waals surface area contributed by atoms with Gasteiger partial charge in [0.2, 0.25) is 0 Å². The summed E-state index contributed by atoms with van der Waals surface area (Å²) in [6.45, 7) is 6.46. The van der Waals surface area contributed by atoms with Crippen molar-refractivity contribution < 1.29 is 0 Å². The summed E-state index contributed by atoms with van der Waals surface area (Å²) >= 11 is 8.08. The van der Waals surface area contributed by atoms with Gasteiger partial charge in [-0.2, -0.15) is 0 Å². The Kier molecular flexibility index (Phi) is 5.67. The topological polar surface area (TPSA) is 26.0 Å². The van der Waals surface area contributed by atoms with Gasteiger partial charge in [-0.15, -0.1) is 11.8 Å². The van der Waals surface area contributed by atoms with Crippen molar-refractivity contribution in [3.8, 4) is 0 Å². The zero-order valence-electron chi connectivity index (χ0n) is 10.2. The van der Waals surface area contributed by atoms with Crippen LogP contribution in [0.3, 0.4) is 0 Å². The molecule has 1 aromatic rings. The number of halogens is 1. The molecular formula is C13H20ClNS. The lowest BCUT2D eigenvalue weighted by molar-refractivity contribution is 0.646. The van der Waals surface area contributed by atoms with Crippen LogP contribution >= 0.6 is 23.4 Å². The molecule has 0 heterocycles. The Morgan fingerprint density at radius 2 is 2.06 bits per heavy atom. The second-order valence-corrected chi connectivity index (χ2v) is 6.35. The maximum Gasteiger partial charge on any atom is 0.0449 e. The molecule has 0 aliphatic heterocycles. The van der Waals surface area contributed by atoms with Crippen LogP contribution in [0.2, 0.25) is 5.02 Å². The van der Waals surface area contributed by atoms with Crippen LogP contribution in [-0.4, -0.2) is 11.3 Å². The molecule has 0 spiro atoms. The third-order valence-corrected chi connectivity index (χ3v) is 3.75. The standard InChI is InChI=1S/C13H20ClNS/c1-4-11(15)7-10-5-6-12(8-13(10)14)16-9(2)3/h5-6,8-9,11H,4,7,15H2,1-3H3. The largest absolute Gasteiger partial charge is 0.327 e. The molecule has 0 saturated carbocycles. The SMILES string of the molecule is CCC(N)Cc1ccc(SC(C)C)cc1Cl. The number of hydrogen-bond donors (Lipinski definition) is 1. The molecule has 1 rings (SSSR count). The summed E-state index contributed by atoms with van der Waals surface area (Å²) in [5.74, 6) is 0. The summed E-state index contributed by atoms with van der Waals surface area (Å²) in [4.78, 5) is 1.23. The van der Waals surface area contributed by atoms with Crippen LogP contribution in [0.15, 0.2) is 23.1 Å². The lowest BCUT2D eigenvalue weighted by Crippen LogP contribution is -2.21. The van der Waals surface area contributed by atoms with E-state index in [2.05, 4.69) is 32.9 Å². The zero-order chi connectivity index (χ0) is 12.1. The molecule has 0 fully saturated rings. The lowest BCUT2D eigenvalue weighted by Gasteiger charge is -2.12. The molecule has 1 aromatic carbocycles. The number of benzene rings is 1. The van der Waals surface area contributed by atoms with Gasteiger partial charge in [0.1, 0.15) is 0 Å².